The lowest BCUT2D eigenvalue weighted by Crippen LogP contribution is -2.35. The van der Waals surface area contributed by atoms with Crippen LogP contribution >= 0.6 is 0 Å². The fourth-order valence-corrected chi connectivity index (χ4v) is 4.40. The summed E-state index contributed by atoms with van der Waals surface area (Å²) < 4.78 is 20.7. The van der Waals surface area contributed by atoms with Gasteiger partial charge in [0.2, 0.25) is 0 Å². The Hall–Kier alpha value is -4.74. The molecule has 2 rings (SSSR count). The normalized spacial score (nSPS) is 11.9. The summed E-state index contributed by atoms with van der Waals surface area (Å²) in [7, 11) is 0. The van der Waals surface area contributed by atoms with Crippen LogP contribution < -0.4 is 0 Å². The van der Waals surface area contributed by atoms with E-state index in [0.717, 1.165) is 11.1 Å². The van der Waals surface area contributed by atoms with E-state index in [2.05, 4.69) is 0 Å². The van der Waals surface area contributed by atoms with Crippen molar-refractivity contribution in [3.63, 3.8) is 0 Å². The molecule has 2 N–H and O–H groups in total. The van der Waals surface area contributed by atoms with Crippen LogP contribution in [0.4, 0.5) is 0 Å². The quantitative estimate of drug-likeness (QED) is 0.0956. The Morgan fingerprint density at radius 3 is 1.46 bits per heavy atom. The maximum absolute atomic E-state index is 12.7. The first-order valence-corrected chi connectivity index (χ1v) is 15.3. The van der Waals surface area contributed by atoms with E-state index >= 15 is 0 Å². The lowest BCUT2D eigenvalue weighted by molar-refractivity contribution is -0.164. The minimum atomic E-state index is -1.66. The van der Waals surface area contributed by atoms with Crippen molar-refractivity contribution in [3.05, 3.63) is 71.8 Å². The number of benzene rings is 2. The topological polar surface area (TPSA) is 180 Å². The van der Waals surface area contributed by atoms with Crippen LogP contribution in [0, 0.1) is 11.8 Å². The molecule has 0 radical (unpaired) electrons. The zero-order chi connectivity index (χ0) is 33.6. The predicted octanol–water partition coefficient (Wildman–Crippen LogP) is 4.86. The van der Waals surface area contributed by atoms with E-state index < -0.39 is 48.6 Å². The number of hydrogen-bond donors (Lipinski definition) is 2. The summed E-state index contributed by atoms with van der Waals surface area (Å²) in [4.78, 5) is 72.1. The molecular formula is C34H42O12. The number of aliphatic carboxylic acids is 2. The van der Waals surface area contributed by atoms with E-state index in [9.17, 15) is 39.0 Å². The van der Waals surface area contributed by atoms with Crippen LogP contribution in [0.2, 0.25) is 0 Å². The largest absolute Gasteiger partial charge is 0.481 e. The van der Waals surface area contributed by atoms with Crippen molar-refractivity contribution in [2.45, 2.75) is 77.4 Å². The highest BCUT2D eigenvalue weighted by Gasteiger charge is 2.38. The molecule has 0 aromatic heterocycles. The Morgan fingerprint density at radius 2 is 1.00 bits per heavy atom. The lowest BCUT2D eigenvalue weighted by Gasteiger charge is -2.20. The van der Waals surface area contributed by atoms with Crippen LogP contribution in [-0.2, 0) is 60.9 Å². The molecule has 12 heteroatoms. The second-order valence-electron chi connectivity index (χ2n) is 10.7. The van der Waals surface area contributed by atoms with Gasteiger partial charge in [-0.3, -0.25) is 28.8 Å². The third-order valence-corrected chi connectivity index (χ3v) is 6.93. The number of carbonyl (C=O) groups excluding carboxylic acids is 4. The zero-order valence-corrected chi connectivity index (χ0v) is 25.8. The van der Waals surface area contributed by atoms with Crippen LogP contribution in [0.15, 0.2) is 60.7 Å². The summed E-state index contributed by atoms with van der Waals surface area (Å²) in [6.45, 7) is 0.226. The summed E-state index contributed by atoms with van der Waals surface area (Å²) in [6.07, 6.45) is 1.66. The third-order valence-electron chi connectivity index (χ3n) is 6.93. The number of esters is 4. The third kappa shape index (κ3) is 16.4. The lowest BCUT2D eigenvalue weighted by atomic mass is 9.87. The van der Waals surface area contributed by atoms with E-state index in [-0.39, 0.29) is 51.2 Å². The van der Waals surface area contributed by atoms with Crippen molar-refractivity contribution in [1.29, 1.82) is 0 Å². The Labute approximate surface area is 268 Å². The predicted molar refractivity (Wildman–Crippen MR) is 163 cm³/mol. The molecule has 12 nitrogen and oxygen atoms in total. The number of ether oxygens (including phenoxy) is 4. The van der Waals surface area contributed by atoms with Crippen molar-refractivity contribution < 1.29 is 57.9 Å². The number of rotatable bonds is 23. The van der Waals surface area contributed by atoms with Crippen molar-refractivity contribution in [2.75, 3.05) is 13.2 Å². The number of unbranched alkanes of at least 4 members (excludes halogenated alkanes) is 4. The van der Waals surface area contributed by atoms with Gasteiger partial charge in [0, 0.05) is 12.8 Å². The molecule has 2 aromatic carbocycles. The summed E-state index contributed by atoms with van der Waals surface area (Å²) in [5.41, 5.74) is 1.75. The van der Waals surface area contributed by atoms with Crippen LogP contribution in [0.5, 0.6) is 0 Å². The maximum atomic E-state index is 12.7. The average Bonchev–Trinajstić information content (AvgIpc) is 3.04. The SMILES string of the molecule is O=C(O)CC(C(=O)OCCCCCC(=O)OCc1ccccc1)C(CC(=O)OCCCCCC(=O)OCc1ccccc1)C(=O)O. The molecule has 2 unspecified atom stereocenters. The Balaban J connectivity index is 1.65. The summed E-state index contributed by atoms with van der Waals surface area (Å²) in [5.74, 6) is -8.84. The standard InChI is InChI=1S/C34H42O12/c35-29(36)21-28(34(42)44-20-12-4-10-18-31(38)46-24-26-15-7-2-8-16-26)27(33(40)41)22-32(39)43-19-11-3-9-17-30(37)45-23-25-13-5-1-6-14-25/h1-2,5-8,13-16,27-28H,3-4,9-12,17-24H2,(H,35,36)(H,40,41). The van der Waals surface area contributed by atoms with Gasteiger partial charge in [0.25, 0.3) is 0 Å². The number of hydrogen-bond acceptors (Lipinski definition) is 10. The smallest absolute Gasteiger partial charge is 0.310 e. The zero-order valence-electron chi connectivity index (χ0n) is 25.8. The van der Waals surface area contributed by atoms with Gasteiger partial charge in [-0.1, -0.05) is 60.7 Å². The van der Waals surface area contributed by atoms with E-state index in [4.69, 9.17) is 18.9 Å². The van der Waals surface area contributed by atoms with Crippen LogP contribution in [0.3, 0.4) is 0 Å². The maximum Gasteiger partial charge on any atom is 0.310 e. The molecule has 0 bridgehead atoms. The molecule has 250 valence electrons. The molecule has 2 aromatic rings. The van der Waals surface area contributed by atoms with Gasteiger partial charge in [-0.05, 0) is 49.7 Å². The molecular weight excluding hydrogens is 600 g/mol. The fourth-order valence-electron chi connectivity index (χ4n) is 4.40. The highest BCUT2D eigenvalue weighted by Crippen LogP contribution is 2.23. The van der Waals surface area contributed by atoms with Crippen LogP contribution in [0.25, 0.3) is 0 Å². The van der Waals surface area contributed by atoms with Crippen molar-refractivity contribution in [3.8, 4) is 0 Å². The molecule has 0 heterocycles. The minimum Gasteiger partial charge on any atom is -0.481 e. The summed E-state index contributed by atoms with van der Waals surface area (Å²) >= 11 is 0. The van der Waals surface area contributed by atoms with Crippen molar-refractivity contribution in [1.82, 2.24) is 0 Å². The number of carboxylic acid groups (broad SMARTS) is 2. The van der Waals surface area contributed by atoms with Gasteiger partial charge in [-0.25, -0.2) is 0 Å². The first-order valence-electron chi connectivity index (χ1n) is 15.3. The van der Waals surface area contributed by atoms with E-state index in [1.165, 1.54) is 0 Å². The van der Waals surface area contributed by atoms with Gasteiger partial charge in [0.15, 0.2) is 0 Å². The van der Waals surface area contributed by atoms with E-state index in [1.54, 1.807) is 0 Å². The molecule has 0 fully saturated rings. The minimum absolute atomic E-state index is 0.0297. The van der Waals surface area contributed by atoms with E-state index in [1.807, 2.05) is 60.7 Å². The Morgan fingerprint density at radius 1 is 0.522 bits per heavy atom. The second-order valence-corrected chi connectivity index (χ2v) is 10.7. The molecule has 0 aliphatic carbocycles. The second kappa shape index (κ2) is 21.9. The van der Waals surface area contributed by atoms with Gasteiger partial charge in [-0.2, -0.15) is 0 Å². The summed E-state index contributed by atoms with van der Waals surface area (Å²) in [6, 6.07) is 18.5. The molecule has 0 spiro atoms. The monoisotopic (exact) mass is 642 g/mol. The van der Waals surface area contributed by atoms with Gasteiger partial charge >= 0.3 is 35.8 Å². The first-order chi connectivity index (χ1) is 22.2. The summed E-state index contributed by atoms with van der Waals surface area (Å²) in [5, 5.41) is 18.9. The van der Waals surface area contributed by atoms with Crippen molar-refractivity contribution >= 4 is 35.8 Å². The molecule has 0 saturated heterocycles. The molecule has 2 atom stereocenters. The highest BCUT2D eigenvalue weighted by molar-refractivity contribution is 5.87. The van der Waals surface area contributed by atoms with Crippen molar-refractivity contribution in [2.24, 2.45) is 11.8 Å². The number of carboxylic acids is 2. The Kier molecular flexibility index (Phi) is 17.8. The fraction of sp³-hybridized carbons (Fsp3) is 0.471. The molecule has 0 aliphatic rings. The van der Waals surface area contributed by atoms with Gasteiger partial charge in [-0.15, -0.1) is 0 Å². The molecule has 0 aliphatic heterocycles. The average molecular weight is 643 g/mol. The molecule has 0 saturated carbocycles. The number of carbonyl (C=O) groups is 6. The highest BCUT2D eigenvalue weighted by atomic mass is 16.5. The molecule has 46 heavy (non-hydrogen) atoms. The van der Waals surface area contributed by atoms with E-state index in [0.29, 0.717) is 38.5 Å². The molecule has 0 amide bonds. The van der Waals surface area contributed by atoms with Crippen LogP contribution in [-0.4, -0.2) is 59.2 Å². The Bertz CT molecular complexity index is 1250. The van der Waals surface area contributed by atoms with Gasteiger partial charge in [0.1, 0.15) is 13.2 Å². The van der Waals surface area contributed by atoms with Crippen LogP contribution in [0.1, 0.15) is 75.3 Å². The van der Waals surface area contributed by atoms with Gasteiger partial charge < -0.3 is 29.2 Å². The van der Waals surface area contributed by atoms with Gasteiger partial charge in [0.05, 0.1) is 37.9 Å². The first kappa shape index (κ1) is 37.4.